The number of rotatable bonds is 0. The van der Waals surface area contributed by atoms with Crippen molar-refractivity contribution in [3.8, 4) is 0 Å². The van der Waals surface area contributed by atoms with E-state index in [-0.39, 0.29) is 6.42 Å². The molecule has 1 aromatic rings. The highest BCUT2D eigenvalue weighted by Crippen LogP contribution is 2.33. The second kappa shape index (κ2) is 2.20. The van der Waals surface area contributed by atoms with Crippen LogP contribution in [0.15, 0.2) is 24.3 Å². The van der Waals surface area contributed by atoms with Crippen molar-refractivity contribution >= 4 is 5.69 Å². The summed E-state index contributed by atoms with van der Waals surface area (Å²) in [6.07, 6.45) is 0.0275. The molecule has 12 heavy (non-hydrogen) atoms. The Hall–Kier alpha value is -1.10. The van der Waals surface area contributed by atoms with E-state index in [1.165, 1.54) is 0 Å². The zero-order chi connectivity index (χ0) is 8.77. The maximum Gasteiger partial charge on any atom is 0.273 e. The van der Waals surface area contributed by atoms with E-state index in [1.807, 2.05) is 0 Å². The Morgan fingerprint density at radius 3 is 2.58 bits per heavy atom. The Bertz CT molecular complexity index is 311. The van der Waals surface area contributed by atoms with Crippen LogP contribution in [0.25, 0.3) is 0 Å². The lowest BCUT2D eigenvalue weighted by molar-refractivity contribution is -0.192. The molecular weight excluding hydrogens is 158 g/mol. The van der Waals surface area contributed by atoms with Crippen LogP contribution in [-0.4, -0.2) is 21.3 Å². The van der Waals surface area contributed by atoms with Gasteiger partial charge in [0.2, 0.25) is 0 Å². The lowest BCUT2D eigenvalue weighted by atomic mass is 10.1. The molecule has 1 aliphatic rings. The summed E-state index contributed by atoms with van der Waals surface area (Å²) in [6, 6.07) is 6.88. The standard InChI is InChI=1S/C8H9NO3/c10-8(11)5-6-3-1-2-4-7(6)9(8)12/h1-4,10-12H,5H2. The number of hydrogen-bond acceptors (Lipinski definition) is 4. The van der Waals surface area contributed by atoms with E-state index in [1.54, 1.807) is 24.3 Å². The summed E-state index contributed by atoms with van der Waals surface area (Å²) in [4.78, 5) is 0. The van der Waals surface area contributed by atoms with Crippen molar-refractivity contribution in [1.82, 2.24) is 0 Å². The highest BCUT2D eigenvalue weighted by Gasteiger charge is 2.39. The number of para-hydroxylation sites is 1. The summed E-state index contributed by atoms with van der Waals surface area (Å²) in [5, 5.41) is 28.1. The van der Waals surface area contributed by atoms with Gasteiger partial charge in [0.1, 0.15) is 0 Å². The summed E-state index contributed by atoms with van der Waals surface area (Å²) >= 11 is 0. The van der Waals surface area contributed by atoms with Gasteiger partial charge in [0.05, 0.1) is 12.1 Å². The molecule has 3 N–H and O–H groups in total. The van der Waals surface area contributed by atoms with E-state index in [4.69, 9.17) is 0 Å². The number of nitrogens with zero attached hydrogens (tertiary/aromatic N) is 1. The lowest BCUT2D eigenvalue weighted by Crippen LogP contribution is -2.44. The molecule has 64 valence electrons. The minimum atomic E-state index is -2.15. The van der Waals surface area contributed by atoms with Gasteiger partial charge in [0.15, 0.2) is 0 Å². The third-order valence-electron chi connectivity index (χ3n) is 1.99. The van der Waals surface area contributed by atoms with E-state index >= 15 is 0 Å². The third-order valence-corrected chi connectivity index (χ3v) is 1.99. The van der Waals surface area contributed by atoms with Crippen molar-refractivity contribution in [2.75, 3.05) is 5.06 Å². The molecule has 0 radical (unpaired) electrons. The van der Waals surface area contributed by atoms with Gasteiger partial charge in [-0.1, -0.05) is 18.2 Å². The zero-order valence-electron chi connectivity index (χ0n) is 6.31. The maximum atomic E-state index is 9.24. The molecule has 0 aromatic heterocycles. The predicted molar refractivity (Wildman–Crippen MR) is 41.6 cm³/mol. The Morgan fingerprint density at radius 1 is 1.25 bits per heavy atom. The summed E-state index contributed by atoms with van der Waals surface area (Å²) in [7, 11) is 0. The van der Waals surface area contributed by atoms with Crippen LogP contribution in [-0.2, 0) is 6.42 Å². The molecule has 0 spiro atoms. The quantitative estimate of drug-likeness (QED) is 0.479. The molecule has 0 aliphatic carbocycles. The van der Waals surface area contributed by atoms with Crippen LogP contribution in [0.5, 0.6) is 0 Å². The Labute approximate surface area is 69.3 Å². The van der Waals surface area contributed by atoms with Crippen molar-refractivity contribution in [3.05, 3.63) is 29.8 Å². The topological polar surface area (TPSA) is 63.9 Å². The highest BCUT2D eigenvalue weighted by molar-refractivity contribution is 5.57. The molecule has 0 unspecified atom stereocenters. The molecule has 4 nitrogen and oxygen atoms in total. The van der Waals surface area contributed by atoms with E-state index in [0.717, 1.165) is 5.56 Å². The lowest BCUT2D eigenvalue weighted by Gasteiger charge is -2.23. The second-order valence-corrected chi connectivity index (χ2v) is 2.89. The molecule has 0 bridgehead atoms. The SMILES string of the molecule is ON1c2ccccc2CC1(O)O. The van der Waals surface area contributed by atoms with Gasteiger partial charge >= 0.3 is 0 Å². The fourth-order valence-electron chi connectivity index (χ4n) is 1.39. The van der Waals surface area contributed by atoms with Gasteiger partial charge in [0, 0.05) is 0 Å². The fraction of sp³-hybridized carbons (Fsp3) is 0.250. The third kappa shape index (κ3) is 0.896. The fourth-order valence-corrected chi connectivity index (χ4v) is 1.39. The number of hydrogen-bond donors (Lipinski definition) is 3. The molecule has 2 rings (SSSR count). The number of benzene rings is 1. The number of hydroxylamine groups is 1. The maximum absolute atomic E-state index is 9.24. The molecule has 1 aliphatic heterocycles. The van der Waals surface area contributed by atoms with Gasteiger partial charge in [-0.25, -0.2) is 0 Å². The van der Waals surface area contributed by atoms with Gasteiger partial charge in [0.25, 0.3) is 5.91 Å². The van der Waals surface area contributed by atoms with Crippen LogP contribution >= 0.6 is 0 Å². The number of anilines is 1. The molecule has 0 atom stereocenters. The monoisotopic (exact) mass is 167 g/mol. The van der Waals surface area contributed by atoms with Gasteiger partial charge < -0.3 is 10.2 Å². The minimum Gasteiger partial charge on any atom is -0.347 e. The normalized spacial score (nSPS) is 19.4. The molecule has 0 amide bonds. The smallest absolute Gasteiger partial charge is 0.273 e. The van der Waals surface area contributed by atoms with Crippen molar-refractivity contribution in [1.29, 1.82) is 0 Å². The number of fused-ring (bicyclic) bond motifs is 1. The summed E-state index contributed by atoms with van der Waals surface area (Å²) in [5.74, 6) is -2.15. The van der Waals surface area contributed by atoms with Crippen molar-refractivity contribution in [3.63, 3.8) is 0 Å². The largest absolute Gasteiger partial charge is 0.347 e. The Kier molecular flexibility index (Phi) is 1.38. The van der Waals surface area contributed by atoms with E-state index in [2.05, 4.69) is 0 Å². The van der Waals surface area contributed by atoms with E-state index in [0.29, 0.717) is 10.8 Å². The molecule has 0 saturated carbocycles. The zero-order valence-corrected chi connectivity index (χ0v) is 6.31. The predicted octanol–water partition coefficient (Wildman–Crippen LogP) is 0.0767. The van der Waals surface area contributed by atoms with E-state index in [9.17, 15) is 15.4 Å². The van der Waals surface area contributed by atoms with E-state index < -0.39 is 5.91 Å². The molecule has 4 heteroatoms. The van der Waals surface area contributed by atoms with Gasteiger partial charge in [-0.15, -0.1) is 0 Å². The van der Waals surface area contributed by atoms with Crippen LogP contribution < -0.4 is 5.06 Å². The summed E-state index contributed by atoms with van der Waals surface area (Å²) in [5.41, 5.74) is 1.17. The van der Waals surface area contributed by atoms with Crippen molar-refractivity contribution < 1.29 is 15.4 Å². The number of aliphatic hydroxyl groups is 2. The van der Waals surface area contributed by atoms with Crippen LogP contribution in [0.4, 0.5) is 5.69 Å². The minimum absolute atomic E-state index is 0.0275. The molecule has 0 fully saturated rings. The summed E-state index contributed by atoms with van der Waals surface area (Å²) in [6.45, 7) is 0. The van der Waals surface area contributed by atoms with Crippen LogP contribution in [0.1, 0.15) is 5.56 Å². The first-order chi connectivity index (χ1) is 5.61. The Balaban J connectivity index is 2.49. The molecular formula is C8H9NO3. The molecule has 1 heterocycles. The molecule has 1 aromatic carbocycles. The first kappa shape index (κ1) is 7.54. The van der Waals surface area contributed by atoms with Crippen molar-refractivity contribution in [2.45, 2.75) is 12.3 Å². The second-order valence-electron chi connectivity index (χ2n) is 2.89. The average molecular weight is 167 g/mol. The van der Waals surface area contributed by atoms with Gasteiger partial charge in [-0.2, -0.15) is 5.06 Å². The first-order valence-corrected chi connectivity index (χ1v) is 3.63. The van der Waals surface area contributed by atoms with Crippen LogP contribution in [0.2, 0.25) is 0 Å². The molecule has 0 saturated heterocycles. The van der Waals surface area contributed by atoms with Crippen molar-refractivity contribution in [2.24, 2.45) is 0 Å². The Morgan fingerprint density at radius 2 is 1.92 bits per heavy atom. The van der Waals surface area contributed by atoms with Crippen LogP contribution in [0, 0.1) is 0 Å². The van der Waals surface area contributed by atoms with Crippen LogP contribution in [0.3, 0.4) is 0 Å². The first-order valence-electron chi connectivity index (χ1n) is 3.63. The summed E-state index contributed by atoms with van der Waals surface area (Å²) < 4.78 is 0. The average Bonchev–Trinajstić information content (AvgIpc) is 2.24. The van der Waals surface area contributed by atoms with Gasteiger partial charge in [-0.05, 0) is 11.6 Å². The highest BCUT2D eigenvalue weighted by atomic mass is 16.6. The van der Waals surface area contributed by atoms with Gasteiger partial charge in [-0.3, -0.25) is 5.21 Å².